The van der Waals surface area contributed by atoms with Gasteiger partial charge in [0.05, 0.1) is 11.0 Å². The van der Waals surface area contributed by atoms with E-state index in [-0.39, 0.29) is 11.5 Å². The third kappa shape index (κ3) is 2.87. The Morgan fingerprint density at radius 2 is 2.13 bits per heavy atom. The molecule has 0 spiro atoms. The molecule has 3 rings (SSSR count). The maximum Gasteiger partial charge on any atom is 0.272 e. The second-order valence-corrected chi connectivity index (χ2v) is 6.42. The number of carbonyl (C=O) groups is 1. The van der Waals surface area contributed by atoms with Crippen LogP contribution in [0.15, 0.2) is 29.2 Å². The normalized spacial score (nSPS) is 10.9. The molecule has 23 heavy (non-hydrogen) atoms. The largest absolute Gasteiger partial charge is 0.305 e. The number of nitrogens with zero attached hydrogens (tertiary/aromatic N) is 3. The van der Waals surface area contributed by atoms with Crippen molar-refractivity contribution in [2.24, 2.45) is 0 Å². The number of nitrogens with one attached hydrogen (secondary N) is 1. The van der Waals surface area contributed by atoms with E-state index >= 15 is 0 Å². The van der Waals surface area contributed by atoms with Crippen LogP contribution in [0.5, 0.6) is 0 Å². The molecule has 2 aromatic heterocycles. The molecule has 0 aliphatic carbocycles. The fraction of sp³-hybridized carbons (Fsp3) is 0.250. The minimum absolute atomic E-state index is 0.101. The number of rotatable bonds is 3. The van der Waals surface area contributed by atoms with Crippen LogP contribution in [0.4, 0.5) is 5.13 Å². The van der Waals surface area contributed by atoms with Crippen LogP contribution < -0.4 is 10.9 Å². The Labute approximate surface area is 136 Å². The Hall–Kier alpha value is -2.54. The highest BCUT2D eigenvalue weighted by atomic mass is 32.1. The summed E-state index contributed by atoms with van der Waals surface area (Å²) in [6.07, 6.45) is 1.71. The average Bonchev–Trinajstić information content (AvgIpc) is 2.93. The van der Waals surface area contributed by atoms with Gasteiger partial charge in [0, 0.05) is 23.2 Å². The summed E-state index contributed by atoms with van der Waals surface area (Å²) < 4.78 is 1.66. The van der Waals surface area contributed by atoms with Gasteiger partial charge < -0.3 is 4.57 Å². The zero-order valence-corrected chi connectivity index (χ0v) is 13.9. The molecule has 1 aromatic carbocycles. The monoisotopic (exact) mass is 328 g/mol. The maximum absolute atomic E-state index is 12.3. The fourth-order valence-corrected chi connectivity index (χ4v) is 3.07. The molecule has 0 aliphatic heterocycles. The minimum Gasteiger partial charge on any atom is -0.305 e. The molecule has 0 saturated heterocycles. The summed E-state index contributed by atoms with van der Waals surface area (Å²) in [7, 11) is 0. The Balaban J connectivity index is 2.01. The van der Waals surface area contributed by atoms with Crippen LogP contribution >= 0.6 is 11.3 Å². The lowest BCUT2D eigenvalue weighted by Crippen LogP contribution is -2.23. The molecular formula is C16H16N4O2S. The summed E-state index contributed by atoms with van der Waals surface area (Å²) >= 11 is 1.42. The smallest absolute Gasteiger partial charge is 0.272 e. The molecule has 7 heteroatoms. The van der Waals surface area contributed by atoms with E-state index in [9.17, 15) is 9.59 Å². The number of benzene rings is 1. The third-order valence-electron chi connectivity index (χ3n) is 3.53. The highest BCUT2D eigenvalue weighted by molar-refractivity contribution is 7.15. The predicted octanol–water partition coefficient (Wildman–Crippen LogP) is 2.74. The van der Waals surface area contributed by atoms with Gasteiger partial charge in [0.15, 0.2) is 5.13 Å². The van der Waals surface area contributed by atoms with Gasteiger partial charge in [0.25, 0.3) is 11.5 Å². The van der Waals surface area contributed by atoms with Crippen LogP contribution in [-0.4, -0.2) is 20.4 Å². The zero-order valence-electron chi connectivity index (χ0n) is 13.1. The summed E-state index contributed by atoms with van der Waals surface area (Å²) in [6, 6.07) is 5.15. The number of fused-ring (bicyclic) bond motifs is 1. The van der Waals surface area contributed by atoms with E-state index < -0.39 is 0 Å². The quantitative estimate of drug-likeness (QED) is 0.802. The Morgan fingerprint density at radius 1 is 1.35 bits per heavy atom. The standard InChI is InChI=1S/C16H16N4O2S/c1-4-20-13-6-5-11(7-12(13)18-10(3)15(20)22)14(21)19-16-17-8-9(2)23-16/h5-8H,4H2,1-3H3,(H,17,19,21). The van der Waals surface area contributed by atoms with Crippen molar-refractivity contribution in [3.63, 3.8) is 0 Å². The number of anilines is 1. The van der Waals surface area contributed by atoms with Gasteiger partial charge in [-0.15, -0.1) is 11.3 Å². The van der Waals surface area contributed by atoms with E-state index in [1.807, 2.05) is 13.8 Å². The van der Waals surface area contributed by atoms with Crippen LogP contribution in [0.25, 0.3) is 11.0 Å². The first-order valence-corrected chi connectivity index (χ1v) is 8.06. The van der Waals surface area contributed by atoms with Gasteiger partial charge >= 0.3 is 0 Å². The maximum atomic E-state index is 12.3. The molecule has 3 aromatic rings. The molecule has 1 amide bonds. The first kappa shape index (κ1) is 15.4. The second kappa shape index (κ2) is 5.92. The molecule has 0 bridgehead atoms. The highest BCUT2D eigenvalue weighted by Crippen LogP contribution is 2.19. The van der Waals surface area contributed by atoms with E-state index in [2.05, 4.69) is 15.3 Å². The number of hydrogen-bond donors (Lipinski definition) is 1. The molecule has 0 atom stereocenters. The summed E-state index contributed by atoms with van der Waals surface area (Å²) in [5, 5.41) is 3.34. The zero-order chi connectivity index (χ0) is 16.6. The number of aromatic nitrogens is 3. The van der Waals surface area contributed by atoms with Crippen LogP contribution in [0.2, 0.25) is 0 Å². The lowest BCUT2D eigenvalue weighted by Gasteiger charge is -2.10. The van der Waals surface area contributed by atoms with Crippen molar-refractivity contribution >= 4 is 33.4 Å². The summed E-state index contributed by atoms with van der Waals surface area (Å²) in [5.41, 5.74) is 2.16. The van der Waals surface area contributed by atoms with E-state index in [1.54, 1.807) is 35.9 Å². The van der Waals surface area contributed by atoms with Gasteiger partial charge in [-0.2, -0.15) is 0 Å². The molecular weight excluding hydrogens is 312 g/mol. The second-order valence-electron chi connectivity index (χ2n) is 5.18. The molecule has 2 heterocycles. The van der Waals surface area contributed by atoms with Crippen LogP contribution in [0.3, 0.4) is 0 Å². The van der Waals surface area contributed by atoms with E-state index in [0.29, 0.717) is 28.5 Å². The van der Waals surface area contributed by atoms with E-state index in [1.165, 1.54) is 11.3 Å². The number of carbonyl (C=O) groups excluding carboxylic acids is 1. The molecule has 0 fully saturated rings. The lowest BCUT2D eigenvalue weighted by atomic mass is 10.1. The first-order chi connectivity index (χ1) is 11.0. The summed E-state index contributed by atoms with van der Waals surface area (Å²) in [5.74, 6) is -0.241. The summed E-state index contributed by atoms with van der Waals surface area (Å²) in [6.45, 7) is 6.08. The SMILES string of the molecule is CCn1c(=O)c(C)nc2cc(C(=O)Nc3ncc(C)s3)ccc21. The number of aryl methyl sites for hydroxylation is 3. The van der Waals surface area contributed by atoms with Gasteiger partial charge in [-0.25, -0.2) is 9.97 Å². The van der Waals surface area contributed by atoms with Crippen LogP contribution in [0.1, 0.15) is 27.9 Å². The molecule has 118 valence electrons. The van der Waals surface area contributed by atoms with Gasteiger partial charge in [-0.3, -0.25) is 14.9 Å². The van der Waals surface area contributed by atoms with Crippen molar-refractivity contribution in [2.75, 3.05) is 5.32 Å². The molecule has 1 N–H and O–H groups in total. The average molecular weight is 328 g/mol. The first-order valence-electron chi connectivity index (χ1n) is 7.24. The van der Waals surface area contributed by atoms with E-state index in [4.69, 9.17) is 0 Å². The predicted molar refractivity (Wildman–Crippen MR) is 91.2 cm³/mol. The van der Waals surface area contributed by atoms with Gasteiger partial charge in [-0.1, -0.05) is 0 Å². The molecule has 0 radical (unpaired) electrons. The molecule has 0 unspecified atom stereocenters. The number of thiazole rings is 1. The van der Waals surface area contributed by atoms with Crippen molar-refractivity contribution in [3.8, 4) is 0 Å². The van der Waals surface area contributed by atoms with Crippen molar-refractivity contribution in [3.05, 3.63) is 50.9 Å². The topological polar surface area (TPSA) is 76.9 Å². The Kier molecular flexibility index (Phi) is 3.96. The third-order valence-corrected chi connectivity index (χ3v) is 4.36. The molecule has 6 nitrogen and oxygen atoms in total. The van der Waals surface area contributed by atoms with E-state index in [0.717, 1.165) is 10.4 Å². The van der Waals surface area contributed by atoms with Gasteiger partial charge in [0.2, 0.25) is 0 Å². The Bertz CT molecular complexity index is 958. The molecule has 0 saturated carbocycles. The fourth-order valence-electron chi connectivity index (χ4n) is 2.41. The Morgan fingerprint density at radius 3 is 2.78 bits per heavy atom. The van der Waals surface area contributed by atoms with Gasteiger partial charge in [0.1, 0.15) is 5.69 Å². The van der Waals surface area contributed by atoms with Crippen molar-refractivity contribution < 1.29 is 4.79 Å². The van der Waals surface area contributed by atoms with Crippen LogP contribution in [-0.2, 0) is 6.54 Å². The van der Waals surface area contributed by atoms with Crippen molar-refractivity contribution in [1.82, 2.24) is 14.5 Å². The minimum atomic E-state index is -0.241. The lowest BCUT2D eigenvalue weighted by molar-refractivity contribution is 0.102. The highest BCUT2D eigenvalue weighted by Gasteiger charge is 2.12. The number of amides is 1. The van der Waals surface area contributed by atoms with Crippen LogP contribution in [0, 0.1) is 13.8 Å². The van der Waals surface area contributed by atoms with Crippen molar-refractivity contribution in [1.29, 1.82) is 0 Å². The van der Waals surface area contributed by atoms with Gasteiger partial charge in [-0.05, 0) is 39.0 Å². The summed E-state index contributed by atoms with van der Waals surface area (Å²) in [4.78, 5) is 33.9. The number of hydrogen-bond acceptors (Lipinski definition) is 5. The van der Waals surface area contributed by atoms with Crippen molar-refractivity contribution in [2.45, 2.75) is 27.3 Å². The molecule has 0 aliphatic rings.